The Morgan fingerprint density at radius 3 is 2.20 bits per heavy atom. The third kappa shape index (κ3) is 2.63. The maximum absolute atomic E-state index is 5.49. The lowest BCUT2D eigenvalue weighted by Crippen LogP contribution is -2.02. The van der Waals surface area contributed by atoms with Crippen LogP contribution in [0.25, 0.3) is 22.4 Å². The summed E-state index contributed by atoms with van der Waals surface area (Å²) in [5.41, 5.74) is 9.81. The normalized spacial score (nSPS) is 10.7. The Bertz CT molecular complexity index is 672. The Hall–Kier alpha value is -2.39. The van der Waals surface area contributed by atoms with E-state index in [1.807, 2.05) is 18.2 Å². The number of hydrogen-bond donors (Lipinski definition) is 1. The van der Waals surface area contributed by atoms with Gasteiger partial charge in [-0.3, -0.25) is 0 Å². The van der Waals surface area contributed by atoms with Gasteiger partial charge in [0, 0.05) is 18.5 Å². The molecular weight excluding hydrogens is 248 g/mol. The van der Waals surface area contributed by atoms with Crippen molar-refractivity contribution in [3.63, 3.8) is 0 Å². The van der Waals surface area contributed by atoms with E-state index in [0.29, 0.717) is 18.9 Å². The minimum Gasteiger partial charge on any atom is -0.448 e. The van der Waals surface area contributed by atoms with E-state index in [2.05, 4.69) is 41.4 Å². The summed E-state index contributed by atoms with van der Waals surface area (Å²) >= 11 is 0. The van der Waals surface area contributed by atoms with Crippen LogP contribution in [-0.4, -0.2) is 11.5 Å². The summed E-state index contributed by atoms with van der Waals surface area (Å²) in [6.45, 7) is 0.549. The van der Waals surface area contributed by atoms with Gasteiger partial charge in [-0.1, -0.05) is 54.6 Å². The van der Waals surface area contributed by atoms with Crippen molar-refractivity contribution in [2.24, 2.45) is 5.73 Å². The minimum absolute atomic E-state index is 0.549. The van der Waals surface area contributed by atoms with Gasteiger partial charge in [-0.05, 0) is 11.1 Å². The molecule has 3 rings (SSSR count). The van der Waals surface area contributed by atoms with E-state index in [0.717, 1.165) is 11.3 Å². The average Bonchev–Trinajstić information content (AvgIpc) is 2.97. The molecule has 1 aromatic heterocycles. The molecular formula is C17H16N2O. The second-order valence-electron chi connectivity index (χ2n) is 4.61. The lowest BCUT2D eigenvalue weighted by atomic mass is 10.0. The molecule has 0 aliphatic carbocycles. The molecule has 0 aliphatic rings. The predicted octanol–water partition coefficient (Wildman–Crippen LogP) is 3.51. The van der Waals surface area contributed by atoms with Gasteiger partial charge in [-0.2, -0.15) is 0 Å². The Labute approximate surface area is 118 Å². The third-order valence-electron chi connectivity index (χ3n) is 3.20. The molecule has 0 aliphatic heterocycles. The van der Waals surface area contributed by atoms with E-state index in [-0.39, 0.29) is 0 Å². The van der Waals surface area contributed by atoms with Gasteiger partial charge in [0.05, 0.1) is 0 Å². The number of oxazole rings is 1. The van der Waals surface area contributed by atoms with Gasteiger partial charge >= 0.3 is 0 Å². The number of hydrogen-bond acceptors (Lipinski definition) is 3. The zero-order valence-electron chi connectivity index (χ0n) is 11.1. The fourth-order valence-corrected chi connectivity index (χ4v) is 2.15. The molecule has 0 saturated carbocycles. The Morgan fingerprint density at radius 1 is 0.850 bits per heavy atom. The predicted molar refractivity (Wildman–Crippen MR) is 80.1 cm³/mol. The highest BCUT2D eigenvalue weighted by Gasteiger charge is 2.06. The molecule has 1 heterocycles. The fraction of sp³-hybridized carbons (Fsp3) is 0.118. The van der Waals surface area contributed by atoms with Crippen LogP contribution in [0.15, 0.2) is 65.3 Å². The average molecular weight is 264 g/mol. The molecule has 0 fully saturated rings. The van der Waals surface area contributed by atoms with E-state index in [1.165, 1.54) is 11.1 Å². The lowest BCUT2D eigenvalue weighted by molar-refractivity contribution is 0.496. The van der Waals surface area contributed by atoms with Crippen molar-refractivity contribution < 1.29 is 4.42 Å². The molecule has 0 unspecified atom stereocenters. The van der Waals surface area contributed by atoms with Crippen molar-refractivity contribution in [2.45, 2.75) is 6.42 Å². The molecule has 100 valence electrons. The van der Waals surface area contributed by atoms with Crippen LogP contribution in [0.4, 0.5) is 0 Å². The highest BCUT2D eigenvalue weighted by atomic mass is 16.3. The zero-order chi connectivity index (χ0) is 13.8. The monoisotopic (exact) mass is 264 g/mol. The molecule has 0 atom stereocenters. The fourth-order valence-electron chi connectivity index (χ4n) is 2.15. The summed E-state index contributed by atoms with van der Waals surface area (Å²) in [4.78, 5) is 4.43. The summed E-state index contributed by atoms with van der Waals surface area (Å²) in [7, 11) is 0. The van der Waals surface area contributed by atoms with Crippen molar-refractivity contribution in [2.75, 3.05) is 6.54 Å². The first-order valence-corrected chi connectivity index (χ1v) is 6.67. The van der Waals surface area contributed by atoms with Crippen molar-refractivity contribution in [1.82, 2.24) is 4.98 Å². The van der Waals surface area contributed by atoms with Crippen LogP contribution in [0.5, 0.6) is 0 Å². The first-order valence-electron chi connectivity index (χ1n) is 6.67. The summed E-state index contributed by atoms with van der Waals surface area (Å²) in [5.74, 6) is 0.689. The van der Waals surface area contributed by atoms with Crippen molar-refractivity contribution in [3.8, 4) is 22.4 Å². The van der Waals surface area contributed by atoms with Crippen LogP contribution < -0.4 is 5.73 Å². The van der Waals surface area contributed by atoms with Crippen LogP contribution >= 0.6 is 0 Å². The minimum atomic E-state index is 0.549. The highest BCUT2D eigenvalue weighted by Crippen LogP contribution is 2.24. The molecule has 3 nitrogen and oxygen atoms in total. The Morgan fingerprint density at radius 2 is 1.50 bits per heavy atom. The number of aromatic nitrogens is 1. The first-order chi connectivity index (χ1) is 9.86. The summed E-state index contributed by atoms with van der Waals surface area (Å²) < 4.78 is 5.38. The van der Waals surface area contributed by atoms with Crippen LogP contribution in [0, 0.1) is 0 Å². The molecule has 2 aromatic carbocycles. The second-order valence-corrected chi connectivity index (χ2v) is 4.61. The Kier molecular flexibility index (Phi) is 3.61. The van der Waals surface area contributed by atoms with Gasteiger partial charge in [0.1, 0.15) is 12.0 Å². The van der Waals surface area contributed by atoms with E-state index in [1.54, 1.807) is 6.26 Å². The largest absolute Gasteiger partial charge is 0.448 e. The van der Waals surface area contributed by atoms with Gasteiger partial charge in [0.15, 0.2) is 5.89 Å². The third-order valence-corrected chi connectivity index (χ3v) is 3.20. The number of nitrogens with zero attached hydrogens (tertiary/aromatic N) is 1. The van der Waals surface area contributed by atoms with Gasteiger partial charge in [0.25, 0.3) is 0 Å². The van der Waals surface area contributed by atoms with E-state index in [4.69, 9.17) is 10.2 Å². The zero-order valence-corrected chi connectivity index (χ0v) is 11.1. The molecule has 0 spiro atoms. The van der Waals surface area contributed by atoms with E-state index < -0.39 is 0 Å². The van der Waals surface area contributed by atoms with Crippen LogP contribution in [-0.2, 0) is 6.42 Å². The second kappa shape index (κ2) is 5.72. The van der Waals surface area contributed by atoms with Crippen molar-refractivity contribution >= 4 is 0 Å². The maximum atomic E-state index is 5.49. The smallest absolute Gasteiger partial charge is 0.195 e. The molecule has 3 heteroatoms. The van der Waals surface area contributed by atoms with Crippen molar-refractivity contribution in [3.05, 3.63) is 66.8 Å². The summed E-state index contributed by atoms with van der Waals surface area (Å²) in [6.07, 6.45) is 2.35. The maximum Gasteiger partial charge on any atom is 0.195 e. The van der Waals surface area contributed by atoms with Gasteiger partial charge < -0.3 is 10.2 Å². The van der Waals surface area contributed by atoms with Crippen LogP contribution in [0.1, 0.15) is 5.89 Å². The number of nitrogens with two attached hydrogens (primary N) is 1. The highest BCUT2D eigenvalue weighted by molar-refractivity contribution is 5.68. The van der Waals surface area contributed by atoms with Crippen molar-refractivity contribution in [1.29, 1.82) is 0 Å². The molecule has 2 N–H and O–H groups in total. The van der Waals surface area contributed by atoms with Gasteiger partial charge in [-0.15, -0.1) is 0 Å². The van der Waals surface area contributed by atoms with Crippen LogP contribution in [0.2, 0.25) is 0 Å². The standard InChI is InChI=1S/C17H16N2O/c18-11-10-17-19-16(12-20-17)15-8-6-14(7-9-15)13-4-2-1-3-5-13/h1-9,12H,10-11,18H2. The van der Waals surface area contributed by atoms with Gasteiger partial charge in [0.2, 0.25) is 0 Å². The molecule has 3 aromatic rings. The van der Waals surface area contributed by atoms with Gasteiger partial charge in [-0.25, -0.2) is 4.98 Å². The molecule has 0 radical (unpaired) electrons. The molecule has 20 heavy (non-hydrogen) atoms. The van der Waals surface area contributed by atoms with Crippen LogP contribution in [0.3, 0.4) is 0 Å². The number of rotatable bonds is 4. The SMILES string of the molecule is NCCc1nc(-c2ccc(-c3ccccc3)cc2)co1. The molecule has 0 bridgehead atoms. The van der Waals surface area contributed by atoms with E-state index >= 15 is 0 Å². The summed E-state index contributed by atoms with van der Waals surface area (Å²) in [5, 5.41) is 0. The first kappa shape index (κ1) is 12.6. The molecule has 0 saturated heterocycles. The lowest BCUT2D eigenvalue weighted by Gasteiger charge is -2.02. The van der Waals surface area contributed by atoms with E-state index in [9.17, 15) is 0 Å². The Balaban J connectivity index is 1.85. The topological polar surface area (TPSA) is 52.0 Å². The summed E-state index contributed by atoms with van der Waals surface area (Å²) in [6, 6.07) is 18.6. The quantitative estimate of drug-likeness (QED) is 0.784. The molecule has 0 amide bonds. The number of benzene rings is 2.